The van der Waals surface area contributed by atoms with Crippen LogP contribution in [0.4, 0.5) is 0 Å². The zero-order valence-electron chi connectivity index (χ0n) is 17.1. The first-order chi connectivity index (χ1) is 13.0. The second-order valence-electron chi connectivity index (χ2n) is 10.1. The number of hydrogen-bond acceptors (Lipinski definition) is 5. The van der Waals surface area contributed by atoms with E-state index in [1.807, 2.05) is 0 Å². The van der Waals surface area contributed by atoms with Crippen LogP contribution in [0.5, 0.6) is 0 Å². The molecule has 2 saturated heterocycles. The third-order valence-corrected chi connectivity index (χ3v) is 9.38. The van der Waals surface area contributed by atoms with Gasteiger partial charge < -0.3 is 24.7 Å². The van der Waals surface area contributed by atoms with Gasteiger partial charge in [-0.05, 0) is 62.8 Å². The molecule has 27 heavy (non-hydrogen) atoms. The van der Waals surface area contributed by atoms with Gasteiger partial charge in [0.15, 0.2) is 11.6 Å². The molecule has 2 aliphatic heterocycles. The van der Waals surface area contributed by atoms with Crippen LogP contribution in [-0.4, -0.2) is 44.5 Å². The average Bonchev–Trinajstić information content (AvgIpc) is 3.39. The van der Waals surface area contributed by atoms with E-state index < -0.39 is 0 Å². The van der Waals surface area contributed by atoms with E-state index in [9.17, 15) is 0 Å². The summed E-state index contributed by atoms with van der Waals surface area (Å²) >= 11 is 0. The van der Waals surface area contributed by atoms with E-state index in [0.29, 0.717) is 11.8 Å². The predicted molar refractivity (Wildman–Crippen MR) is 102 cm³/mol. The number of ether oxygens (including phenoxy) is 4. The van der Waals surface area contributed by atoms with E-state index in [4.69, 9.17) is 24.7 Å². The zero-order valence-corrected chi connectivity index (χ0v) is 17.1. The molecule has 5 unspecified atom stereocenters. The zero-order chi connectivity index (χ0) is 18.8. The molecule has 0 aromatic carbocycles. The van der Waals surface area contributed by atoms with E-state index in [1.54, 1.807) is 0 Å². The maximum Gasteiger partial charge on any atom is 0.174 e. The summed E-state index contributed by atoms with van der Waals surface area (Å²) in [6.07, 6.45) is 9.09. The van der Waals surface area contributed by atoms with Crippen molar-refractivity contribution < 1.29 is 18.9 Å². The molecule has 0 aromatic rings. The molecule has 2 spiro atoms. The fraction of sp³-hybridized carbons (Fsp3) is 1.00. The van der Waals surface area contributed by atoms with Crippen molar-refractivity contribution in [3.8, 4) is 0 Å². The molecule has 5 rings (SSSR count). The number of nitrogens with two attached hydrogens (primary N) is 1. The third kappa shape index (κ3) is 2.35. The molecule has 5 heteroatoms. The highest BCUT2D eigenvalue weighted by Gasteiger charge is 2.69. The van der Waals surface area contributed by atoms with Crippen molar-refractivity contribution in [2.45, 2.75) is 76.8 Å². The van der Waals surface area contributed by atoms with E-state index >= 15 is 0 Å². The summed E-state index contributed by atoms with van der Waals surface area (Å²) < 4.78 is 25.3. The molecule has 3 aliphatic carbocycles. The van der Waals surface area contributed by atoms with Crippen LogP contribution in [0, 0.1) is 28.6 Å². The summed E-state index contributed by atoms with van der Waals surface area (Å²) in [7, 11) is 0. The number of rotatable bonds is 3. The third-order valence-electron chi connectivity index (χ3n) is 9.38. The minimum Gasteiger partial charge on any atom is -0.347 e. The van der Waals surface area contributed by atoms with Gasteiger partial charge in [-0.15, -0.1) is 0 Å². The van der Waals surface area contributed by atoms with Gasteiger partial charge in [-0.1, -0.05) is 13.8 Å². The maximum absolute atomic E-state index is 6.36. The molecule has 3 saturated carbocycles. The fourth-order valence-electron chi connectivity index (χ4n) is 8.07. The molecule has 5 atom stereocenters. The first-order valence-corrected chi connectivity index (χ1v) is 11.3. The largest absolute Gasteiger partial charge is 0.347 e. The first kappa shape index (κ1) is 18.8. The minimum absolute atomic E-state index is 0.0558. The average molecular weight is 380 g/mol. The van der Waals surface area contributed by atoms with Gasteiger partial charge in [0.25, 0.3) is 0 Å². The van der Waals surface area contributed by atoms with Crippen LogP contribution >= 0.6 is 0 Å². The van der Waals surface area contributed by atoms with Crippen LogP contribution in [0.3, 0.4) is 0 Å². The molecule has 2 heterocycles. The molecule has 5 aliphatic rings. The summed E-state index contributed by atoms with van der Waals surface area (Å²) in [5, 5.41) is 0. The lowest BCUT2D eigenvalue weighted by atomic mass is 9.47. The van der Waals surface area contributed by atoms with Crippen LogP contribution in [0.15, 0.2) is 0 Å². The fourth-order valence-corrected chi connectivity index (χ4v) is 8.07. The van der Waals surface area contributed by atoms with Crippen LogP contribution in [-0.2, 0) is 18.9 Å². The Hall–Kier alpha value is -0.200. The van der Waals surface area contributed by atoms with Crippen molar-refractivity contribution in [3.63, 3.8) is 0 Å². The van der Waals surface area contributed by atoms with Gasteiger partial charge in [0.1, 0.15) is 0 Å². The monoisotopic (exact) mass is 379 g/mol. The molecular weight excluding hydrogens is 342 g/mol. The topological polar surface area (TPSA) is 62.9 Å². The Kier molecular flexibility index (Phi) is 4.46. The van der Waals surface area contributed by atoms with E-state index in [-0.39, 0.29) is 22.4 Å². The van der Waals surface area contributed by atoms with E-state index in [1.165, 1.54) is 25.7 Å². The smallest absolute Gasteiger partial charge is 0.174 e. The van der Waals surface area contributed by atoms with E-state index in [2.05, 4.69) is 13.8 Å². The molecule has 2 N–H and O–H groups in total. The molecule has 154 valence electrons. The number of hydrogen-bond donors (Lipinski definition) is 1. The highest BCUT2D eigenvalue weighted by molar-refractivity contribution is 5.14. The van der Waals surface area contributed by atoms with Gasteiger partial charge in [0.2, 0.25) is 0 Å². The van der Waals surface area contributed by atoms with Gasteiger partial charge in [-0.2, -0.15) is 0 Å². The van der Waals surface area contributed by atoms with Crippen molar-refractivity contribution in [2.24, 2.45) is 34.3 Å². The highest BCUT2D eigenvalue weighted by atomic mass is 16.7. The van der Waals surface area contributed by atoms with Crippen molar-refractivity contribution in [2.75, 3.05) is 33.0 Å². The Bertz CT molecular complexity index is 571. The van der Waals surface area contributed by atoms with Crippen LogP contribution < -0.4 is 5.73 Å². The highest BCUT2D eigenvalue weighted by Crippen LogP contribution is 2.69. The number of fused-ring (bicyclic) bond motifs is 4. The maximum atomic E-state index is 6.36. The Morgan fingerprint density at radius 1 is 0.778 bits per heavy atom. The Balaban J connectivity index is 1.47. The Labute approximate surface area is 163 Å². The Morgan fingerprint density at radius 2 is 1.37 bits per heavy atom. The van der Waals surface area contributed by atoms with Gasteiger partial charge in [-0.3, -0.25) is 0 Å². The normalized spacial score (nSPS) is 47.4. The molecular formula is C22H37NO4. The SMILES string of the molecule is CC1(CCCN)C2CCC3(C)C(CCC34OCCO4)C2CCC12OCCO2. The molecule has 0 amide bonds. The van der Waals surface area contributed by atoms with Gasteiger partial charge in [0, 0.05) is 23.7 Å². The predicted octanol–water partition coefficient (Wildman–Crippen LogP) is 3.45. The Morgan fingerprint density at radius 3 is 2.04 bits per heavy atom. The lowest BCUT2D eigenvalue weighted by Crippen LogP contribution is -2.62. The van der Waals surface area contributed by atoms with Crippen molar-refractivity contribution >= 4 is 0 Å². The lowest BCUT2D eigenvalue weighted by Gasteiger charge is -2.61. The van der Waals surface area contributed by atoms with Crippen molar-refractivity contribution in [1.29, 1.82) is 0 Å². The quantitative estimate of drug-likeness (QED) is 0.814. The summed E-state index contributed by atoms with van der Waals surface area (Å²) in [6.45, 7) is 8.64. The van der Waals surface area contributed by atoms with Crippen molar-refractivity contribution in [3.05, 3.63) is 0 Å². The van der Waals surface area contributed by atoms with Crippen LogP contribution in [0.1, 0.15) is 65.2 Å². The lowest BCUT2D eigenvalue weighted by molar-refractivity contribution is -0.302. The second kappa shape index (κ2) is 6.40. The van der Waals surface area contributed by atoms with Crippen LogP contribution in [0.2, 0.25) is 0 Å². The molecule has 0 bridgehead atoms. The summed E-state index contributed by atoms with van der Waals surface area (Å²) in [5.41, 5.74) is 6.14. The van der Waals surface area contributed by atoms with Crippen LogP contribution in [0.25, 0.3) is 0 Å². The minimum atomic E-state index is -0.381. The van der Waals surface area contributed by atoms with Gasteiger partial charge in [0.05, 0.1) is 26.4 Å². The van der Waals surface area contributed by atoms with Gasteiger partial charge in [-0.25, -0.2) is 0 Å². The molecule has 0 radical (unpaired) electrons. The molecule has 5 fully saturated rings. The standard InChI is InChI=1S/C22H37NO4/c1-19(7-3-11-23)17-5-8-20(2)18(6-10-22(20)26-14-15-27-22)16(17)4-9-21(19)24-12-13-25-21/h16-18H,3-15,23H2,1-2H3. The first-order valence-electron chi connectivity index (χ1n) is 11.3. The second-order valence-corrected chi connectivity index (χ2v) is 10.1. The summed E-state index contributed by atoms with van der Waals surface area (Å²) in [6, 6.07) is 0. The van der Waals surface area contributed by atoms with E-state index in [0.717, 1.165) is 64.6 Å². The summed E-state index contributed by atoms with van der Waals surface area (Å²) in [5.74, 6) is 1.35. The van der Waals surface area contributed by atoms with Gasteiger partial charge >= 0.3 is 0 Å². The molecule has 5 nitrogen and oxygen atoms in total. The molecule has 0 aromatic heterocycles. The summed E-state index contributed by atoms with van der Waals surface area (Å²) in [4.78, 5) is 0. The van der Waals surface area contributed by atoms with Crippen molar-refractivity contribution in [1.82, 2.24) is 0 Å².